The molecule has 5 rings (SSSR count). The van der Waals surface area contributed by atoms with Crippen molar-refractivity contribution in [2.75, 3.05) is 18.5 Å². The summed E-state index contributed by atoms with van der Waals surface area (Å²) < 4.78 is 5.52. The summed E-state index contributed by atoms with van der Waals surface area (Å²) in [6, 6.07) is 11.6. The molecule has 0 bridgehead atoms. The Kier molecular flexibility index (Phi) is 4.69. The van der Waals surface area contributed by atoms with E-state index in [1.165, 1.54) is 6.07 Å². The maximum atomic E-state index is 11.6. The van der Waals surface area contributed by atoms with Gasteiger partial charge in [-0.05, 0) is 48.9 Å². The second-order valence-corrected chi connectivity index (χ2v) is 8.62. The van der Waals surface area contributed by atoms with Gasteiger partial charge < -0.3 is 25.4 Å². The number of rotatable bonds is 7. The van der Waals surface area contributed by atoms with E-state index in [4.69, 9.17) is 4.74 Å². The number of nitrogens with one attached hydrogen (secondary N) is 1. The molecule has 2 aliphatic carbocycles. The molecular formula is C23H26N2O5. The van der Waals surface area contributed by atoms with E-state index >= 15 is 0 Å². The van der Waals surface area contributed by atoms with Crippen molar-refractivity contribution in [1.29, 1.82) is 0 Å². The number of ether oxygens (including phenoxy) is 1. The molecule has 2 aromatic carbocycles. The molecule has 0 aromatic heterocycles. The van der Waals surface area contributed by atoms with Crippen LogP contribution in [0.15, 0.2) is 36.4 Å². The summed E-state index contributed by atoms with van der Waals surface area (Å²) in [4.78, 5) is 13.9. The topological polar surface area (TPSA) is 102 Å². The quantitative estimate of drug-likeness (QED) is 0.523. The normalized spacial score (nSPS) is 20.3. The van der Waals surface area contributed by atoms with Gasteiger partial charge in [0.15, 0.2) is 12.4 Å². The average Bonchev–Trinajstić information content (AvgIpc) is 3.65. The lowest BCUT2D eigenvalue weighted by Gasteiger charge is -2.28. The number of phenolic OH excluding ortho intramolecular Hbond substituents is 1. The number of aliphatic hydroxyl groups is 2. The first kappa shape index (κ1) is 19.4. The third kappa shape index (κ3) is 3.76. The second kappa shape index (κ2) is 7.27. The van der Waals surface area contributed by atoms with E-state index in [0.29, 0.717) is 30.4 Å². The summed E-state index contributed by atoms with van der Waals surface area (Å²) in [6.07, 6.45) is 3.04. The number of amides is 1. The Labute approximate surface area is 174 Å². The Morgan fingerprint density at radius 2 is 1.90 bits per heavy atom. The Balaban J connectivity index is 1.32. The van der Waals surface area contributed by atoms with Gasteiger partial charge in [0.1, 0.15) is 11.4 Å². The standard InChI is InChI=1S/C23H26N2O5/c26-18-8-7-17(22-21(18)24-20(28)13-30-22)19(27)12-25(16-5-6-16)11-14-1-3-15(4-2-14)23(29)9-10-23/h1-4,7-8,16,19,26-27,29H,5-6,9-13H2,(H,24,28). The van der Waals surface area contributed by atoms with Crippen LogP contribution in [0.5, 0.6) is 11.5 Å². The minimum absolute atomic E-state index is 0.0783. The van der Waals surface area contributed by atoms with Gasteiger partial charge in [-0.15, -0.1) is 0 Å². The Bertz CT molecular complexity index is 966. The van der Waals surface area contributed by atoms with E-state index in [0.717, 1.165) is 36.8 Å². The van der Waals surface area contributed by atoms with Crippen LogP contribution >= 0.6 is 0 Å². The van der Waals surface area contributed by atoms with Gasteiger partial charge in [-0.2, -0.15) is 0 Å². The zero-order valence-electron chi connectivity index (χ0n) is 16.7. The van der Waals surface area contributed by atoms with Gasteiger partial charge in [0.05, 0.1) is 11.7 Å². The van der Waals surface area contributed by atoms with Crippen molar-refractivity contribution in [2.24, 2.45) is 0 Å². The number of hydrogen-bond donors (Lipinski definition) is 4. The lowest BCUT2D eigenvalue weighted by molar-refractivity contribution is -0.118. The average molecular weight is 410 g/mol. The number of fused-ring (bicyclic) bond motifs is 1. The van der Waals surface area contributed by atoms with E-state index < -0.39 is 11.7 Å². The van der Waals surface area contributed by atoms with Crippen molar-refractivity contribution in [2.45, 2.75) is 50.0 Å². The number of hydrogen-bond acceptors (Lipinski definition) is 6. The maximum Gasteiger partial charge on any atom is 0.262 e. The van der Waals surface area contributed by atoms with Crippen molar-refractivity contribution in [1.82, 2.24) is 4.90 Å². The highest BCUT2D eigenvalue weighted by atomic mass is 16.5. The number of nitrogens with zero attached hydrogens (tertiary/aromatic N) is 1. The maximum absolute atomic E-state index is 11.6. The van der Waals surface area contributed by atoms with Crippen LogP contribution < -0.4 is 10.1 Å². The number of benzene rings is 2. The van der Waals surface area contributed by atoms with Crippen LogP contribution in [0.25, 0.3) is 0 Å². The molecule has 158 valence electrons. The molecule has 1 amide bonds. The van der Waals surface area contributed by atoms with Crippen molar-refractivity contribution in [3.05, 3.63) is 53.1 Å². The number of carbonyl (C=O) groups is 1. The van der Waals surface area contributed by atoms with Gasteiger partial charge in [-0.3, -0.25) is 9.69 Å². The summed E-state index contributed by atoms with van der Waals surface area (Å²) in [5.74, 6) is -0.0753. The molecule has 2 fully saturated rings. The van der Waals surface area contributed by atoms with Gasteiger partial charge in [0.2, 0.25) is 0 Å². The number of aliphatic hydroxyl groups excluding tert-OH is 1. The van der Waals surface area contributed by atoms with Crippen LogP contribution in [0.1, 0.15) is 48.5 Å². The molecule has 3 aliphatic rings. The van der Waals surface area contributed by atoms with E-state index in [1.807, 2.05) is 12.1 Å². The predicted octanol–water partition coefficient (Wildman–Crippen LogP) is 2.40. The summed E-state index contributed by atoms with van der Waals surface area (Å²) in [7, 11) is 0. The number of carbonyl (C=O) groups excluding carboxylic acids is 1. The molecule has 7 nitrogen and oxygen atoms in total. The summed E-state index contributed by atoms with van der Waals surface area (Å²) in [6.45, 7) is 0.990. The van der Waals surface area contributed by atoms with Crippen LogP contribution in [0, 0.1) is 0 Å². The van der Waals surface area contributed by atoms with Crippen LogP contribution in [-0.2, 0) is 16.9 Å². The number of aromatic hydroxyl groups is 1. The van der Waals surface area contributed by atoms with Crippen LogP contribution in [0.3, 0.4) is 0 Å². The van der Waals surface area contributed by atoms with Gasteiger partial charge >= 0.3 is 0 Å². The van der Waals surface area contributed by atoms with Crippen LogP contribution in [0.2, 0.25) is 0 Å². The minimum atomic E-state index is -0.818. The van der Waals surface area contributed by atoms with E-state index in [9.17, 15) is 20.1 Å². The molecule has 30 heavy (non-hydrogen) atoms. The largest absolute Gasteiger partial charge is 0.506 e. The van der Waals surface area contributed by atoms with E-state index in [1.54, 1.807) is 6.07 Å². The predicted molar refractivity (Wildman–Crippen MR) is 110 cm³/mol. The molecule has 1 heterocycles. The van der Waals surface area contributed by atoms with Crippen LogP contribution in [-0.4, -0.2) is 45.3 Å². The zero-order valence-corrected chi connectivity index (χ0v) is 16.7. The van der Waals surface area contributed by atoms with Gasteiger partial charge in [-0.25, -0.2) is 0 Å². The van der Waals surface area contributed by atoms with E-state index in [2.05, 4.69) is 22.3 Å². The Morgan fingerprint density at radius 1 is 1.17 bits per heavy atom. The van der Waals surface area contributed by atoms with Crippen molar-refractivity contribution >= 4 is 11.6 Å². The second-order valence-electron chi connectivity index (χ2n) is 8.62. The number of anilines is 1. The van der Waals surface area contributed by atoms with E-state index in [-0.39, 0.29) is 24.0 Å². The fourth-order valence-corrected chi connectivity index (χ4v) is 4.11. The van der Waals surface area contributed by atoms with Gasteiger partial charge in [0, 0.05) is 24.7 Å². The van der Waals surface area contributed by atoms with Gasteiger partial charge in [0.25, 0.3) is 5.91 Å². The smallest absolute Gasteiger partial charge is 0.262 e. The molecule has 0 saturated heterocycles. The zero-order chi connectivity index (χ0) is 20.9. The number of phenols is 1. The highest BCUT2D eigenvalue weighted by Gasteiger charge is 2.42. The Morgan fingerprint density at radius 3 is 2.57 bits per heavy atom. The monoisotopic (exact) mass is 410 g/mol. The first-order chi connectivity index (χ1) is 14.4. The first-order valence-electron chi connectivity index (χ1n) is 10.5. The van der Waals surface area contributed by atoms with Crippen molar-refractivity contribution in [3.8, 4) is 11.5 Å². The molecule has 7 heteroatoms. The highest BCUT2D eigenvalue weighted by molar-refractivity contribution is 5.97. The molecule has 1 atom stereocenters. The molecule has 0 radical (unpaired) electrons. The fraction of sp³-hybridized carbons (Fsp3) is 0.435. The van der Waals surface area contributed by atoms with Crippen LogP contribution in [0.4, 0.5) is 5.69 Å². The van der Waals surface area contributed by atoms with Gasteiger partial charge in [-0.1, -0.05) is 24.3 Å². The molecule has 4 N–H and O–H groups in total. The SMILES string of the molecule is O=C1COc2c(C(O)CN(Cc3ccc(C4(O)CC4)cc3)C3CC3)ccc(O)c2N1. The molecule has 2 saturated carbocycles. The summed E-state index contributed by atoms with van der Waals surface area (Å²) >= 11 is 0. The first-order valence-corrected chi connectivity index (χ1v) is 10.5. The third-order valence-electron chi connectivity index (χ3n) is 6.21. The minimum Gasteiger partial charge on any atom is -0.506 e. The Hall–Kier alpha value is -2.61. The highest BCUT2D eigenvalue weighted by Crippen LogP contribution is 2.45. The molecule has 0 spiro atoms. The lowest BCUT2D eigenvalue weighted by Crippen LogP contribution is -2.31. The summed E-state index contributed by atoms with van der Waals surface area (Å²) in [5, 5.41) is 33.9. The van der Waals surface area contributed by atoms with Crippen molar-refractivity contribution in [3.63, 3.8) is 0 Å². The van der Waals surface area contributed by atoms with Crippen molar-refractivity contribution < 1.29 is 24.9 Å². The molecule has 1 aliphatic heterocycles. The lowest BCUT2D eigenvalue weighted by atomic mass is 10.0. The molecule has 2 aromatic rings. The third-order valence-corrected chi connectivity index (χ3v) is 6.21. The fourth-order valence-electron chi connectivity index (χ4n) is 4.11. The summed E-state index contributed by atoms with van der Waals surface area (Å²) in [5.41, 5.74) is 2.25. The molecule has 1 unspecified atom stereocenters. The molecular weight excluding hydrogens is 384 g/mol.